The van der Waals surface area contributed by atoms with Crippen molar-refractivity contribution in [1.82, 2.24) is 0 Å². The molecule has 0 saturated heterocycles. The average Bonchev–Trinajstić information content (AvgIpc) is 3.08. The number of aliphatic hydroxyl groups is 1. The molecule has 2 rings (SSSR count). The predicted octanol–water partition coefficient (Wildman–Crippen LogP) is -0.768. The van der Waals surface area contributed by atoms with E-state index in [1.165, 1.54) is 0 Å². The normalized spacial score (nSPS) is 24.3. The summed E-state index contributed by atoms with van der Waals surface area (Å²) in [4.78, 5) is 61.2. The first-order chi connectivity index (χ1) is 12.3. The van der Waals surface area contributed by atoms with Crippen LogP contribution in [0.4, 0.5) is 0 Å². The number of rotatable bonds is 4. The Labute approximate surface area is 147 Å². The summed E-state index contributed by atoms with van der Waals surface area (Å²) in [6.07, 6.45) is 0. The first-order valence-corrected chi connectivity index (χ1v) is 7.30. The third kappa shape index (κ3) is 2.54. The second-order valence-electron chi connectivity index (χ2n) is 5.42. The number of ketones is 1. The van der Waals surface area contributed by atoms with Crippen LogP contribution in [0.3, 0.4) is 0 Å². The second-order valence-corrected chi connectivity index (χ2v) is 5.42. The summed E-state index contributed by atoms with van der Waals surface area (Å²) in [5.41, 5.74) is -1.46. The number of ether oxygens (including phenoxy) is 4. The van der Waals surface area contributed by atoms with E-state index in [2.05, 4.69) is 18.9 Å². The fourth-order valence-electron chi connectivity index (χ4n) is 3.29. The Bertz CT molecular complexity index is 772. The molecule has 1 N–H and O–H groups in total. The van der Waals surface area contributed by atoms with Gasteiger partial charge in [-0.25, -0.2) is 9.59 Å². The van der Waals surface area contributed by atoms with E-state index in [1.807, 2.05) is 0 Å². The van der Waals surface area contributed by atoms with Gasteiger partial charge in [-0.3, -0.25) is 14.4 Å². The summed E-state index contributed by atoms with van der Waals surface area (Å²) in [6, 6.07) is 0. The van der Waals surface area contributed by atoms with Gasteiger partial charge in [-0.15, -0.1) is 0 Å². The van der Waals surface area contributed by atoms with Crippen molar-refractivity contribution in [3.63, 3.8) is 0 Å². The van der Waals surface area contributed by atoms with Gasteiger partial charge in [0.1, 0.15) is 28.7 Å². The van der Waals surface area contributed by atoms with Crippen molar-refractivity contribution in [3.05, 3.63) is 22.5 Å². The third-order valence-electron chi connectivity index (χ3n) is 4.36. The fraction of sp³-hybridized carbons (Fsp3) is 0.438. The Morgan fingerprint density at radius 1 is 0.769 bits per heavy atom. The van der Waals surface area contributed by atoms with Gasteiger partial charge in [0.15, 0.2) is 5.78 Å². The van der Waals surface area contributed by atoms with Crippen LogP contribution in [-0.4, -0.2) is 63.2 Å². The van der Waals surface area contributed by atoms with Crippen LogP contribution < -0.4 is 0 Å². The first kappa shape index (κ1) is 19.2. The van der Waals surface area contributed by atoms with Gasteiger partial charge in [-0.2, -0.15) is 0 Å². The maximum Gasteiger partial charge on any atom is 0.341 e. The lowest BCUT2D eigenvalue weighted by Crippen LogP contribution is -2.35. The van der Waals surface area contributed by atoms with Gasteiger partial charge in [0.05, 0.1) is 28.4 Å². The van der Waals surface area contributed by atoms with E-state index >= 15 is 0 Å². The van der Waals surface area contributed by atoms with Crippen molar-refractivity contribution in [1.29, 1.82) is 0 Å². The number of hydrogen-bond donors (Lipinski definition) is 1. The van der Waals surface area contributed by atoms with Crippen LogP contribution in [0, 0.1) is 17.8 Å². The molecule has 0 bridgehead atoms. The number of Topliss-reactive ketones (excluding diaryl/α,β-unsaturated/α-hetero) is 1. The van der Waals surface area contributed by atoms with Gasteiger partial charge in [0.25, 0.3) is 0 Å². The molecule has 0 fully saturated rings. The number of methoxy groups -OCH3 is 4. The number of fused-ring (bicyclic) bond motifs is 1. The Morgan fingerprint density at radius 3 is 1.69 bits per heavy atom. The highest BCUT2D eigenvalue weighted by Crippen LogP contribution is 2.52. The molecule has 2 aliphatic rings. The maximum atomic E-state index is 12.7. The summed E-state index contributed by atoms with van der Waals surface area (Å²) in [6.45, 7) is 0. The van der Waals surface area contributed by atoms with Crippen LogP contribution >= 0.6 is 0 Å². The molecular formula is C16H16O10. The van der Waals surface area contributed by atoms with Crippen molar-refractivity contribution in [2.75, 3.05) is 28.4 Å². The third-order valence-corrected chi connectivity index (χ3v) is 4.36. The van der Waals surface area contributed by atoms with Crippen molar-refractivity contribution in [2.45, 2.75) is 0 Å². The lowest BCUT2D eigenvalue weighted by molar-refractivity contribution is -0.153. The van der Waals surface area contributed by atoms with E-state index < -0.39 is 64.3 Å². The zero-order valence-corrected chi connectivity index (χ0v) is 14.4. The number of carbonyl (C=O) groups excluding carboxylic acids is 5. The summed E-state index contributed by atoms with van der Waals surface area (Å²) < 4.78 is 18.3. The van der Waals surface area contributed by atoms with Gasteiger partial charge < -0.3 is 24.1 Å². The summed E-state index contributed by atoms with van der Waals surface area (Å²) in [5.74, 6) is -10.5. The van der Waals surface area contributed by atoms with Crippen LogP contribution in [-0.2, 0) is 42.9 Å². The lowest BCUT2D eigenvalue weighted by Gasteiger charge is -2.20. The maximum absolute atomic E-state index is 12.7. The van der Waals surface area contributed by atoms with Gasteiger partial charge in [-0.1, -0.05) is 0 Å². The van der Waals surface area contributed by atoms with Gasteiger partial charge in [0, 0.05) is 5.92 Å². The van der Waals surface area contributed by atoms with Crippen molar-refractivity contribution < 1.29 is 48.0 Å². The van der Waals surface area contributed by atoms with E-state index in [4.69, 9.17) is 0 Å². The average molecular weight is 368 g/mol. The zero-order valence-electron chi connectivity index (χ0n) is 14.4. The molecule has 3 atom stereocenters. The number of carbonyl (C=O) groups is 5. The lowest BCUT2D eigenvalue weighted by atomic mass is 9.83. The molecular weight excluding hydrogens is 352 g/mol. The van der Waals surface area contributed by atoms with E-state index in [-0.39, 0.29) is 5.57 Å². The Hall–Kier alpha value is -3.17. The molecule has 0 unspecified atom stereocenters. The molecule has 0 aromatic heterocycles. The van der Waals surface area contributed by atoms with Crippen LogP contribution in [0.1, 0.15) is 0 Å². The molecule has 10 nitrogen and oxygen atoms in total. The van der Waals surface area contributed by atoms with Crippen LogP contribution in [0.25, 0.3) is 0 Å². The predicted molar refractivity (Wildman–Crippen MR) is 80.2 cm³/mol. The van der Waals surface area contributed by atoms with Crippen LogP contribution in [0.2, 0.25) is 0 Å². The van der Waals surface area contributed by atoms with E-state index in [9.17, 15) is 29.1 Å². The molecule has 10 heteroatoms. The van der Waals surface area contributed by atoms with Crippen molar-refractivity contribution in [2.24, 2.45) is 17.8 Å². The first-order valence-electron chi connectivity index (χ1n) is 7.30. The highest BCUT2D eigenvalue weighted by molar-refractivity contribution is 6.27. The molecule has 2 aliphatic carbocycles. The van der Waals surface area contributed by atoms with Crippen LogP contribution in [0.15, 0.2) is 22.5 Å². The fourth-order valence-corrected chi connectivity index (χ4v) is 3.29. The van der Waals surface area contributed by atoms with E-state index in [1.54, 1.807) is 0 Å². The number of aliphatic hydroxyl groups excluding tert-OH is 1. The number of esters is 4. The topological polar surface area (TPSA) is 142 Å². The minimum Gasteiger partial charge on any atom is -0.510 e. The summed E-state index contributed by atoms with van der Waals surface area (Å²) >= 11 is 0. The molecule has 140 valence electrons. The molecule has 26 heavy (non-hydrogen) atoms. The molecule has 0 aliphatic heterocycles. The molecule has 0 saturated carbocycles. The Kier molecular flexibility index (Phi) is 5.15. The largest absolute Gasteiger partial charge is 0.510 e. The smallest absolute Gasteiger partial charge is 0.341 e. The van der Waals surface area contributed by atoms with E-state index in [0.717, 1.165) is 28.4 Å². The Balaban J connectivity index is 2.82. The highest BCUT2D eigenvalue weighted by atomic mass is 16.5. The van der Waals surface area contributed by atoms with Crippen molar-refractivity contribution in [3.8, 4) is 0 Å². The quantitative estimate of drug-likeness (QED) is 0.291. The van der Waals surface area contributed by atoms with Crippen LogP contribution in [0.5, 0.6) is 0 Å². The SMILES string of the molecule is COC(=O)C1=C(O)[C@H](C(=O)OC)[C@@H]2C1=C(C(=O)OC)C(=O)[C@@H]2C(=O)OC. The standard InChI is InChI=1S/C16H16O10/c1-23-13(19)7-5-6(9(11(7)17)15(21)25-3)10(16(22)26-4)12(18)8(5)14(20)24-2/h5,7-8,17H,1-4H3/t5-,7+,8+/m0/s1. The van der Waals surface area contributed by atoms with Crippen molar-refractivity contribution >= 4 is 29.7 Å². The molecule has 0 radical (unpaired) electrons. The minimum absolute atomic E-state index is 0.294. The highest BCUT2D eigenvalue weighted by Gasteiger charge is 2.61. The summed E-state index contributed by atoms with van der Waals surface area (Å²) in [5, 5.41) is 10.4. The zero-order chi connectivity index (χ0) is 19.8. The Morgan fingerprint density at radius 2 is 1.23 bits per heavy atom. The second kappa shape index (κ2) is 6.98. The molecule has 0 spiro atoms. The monoisotopic (exact) mass is 368 g/mol. The minimum atomic E-state index is -1.63. The molecule has 0 amide bonds. The number of hydrogen-bond acceptors (Lipinski definition) is 10. The molecule has 0 aromatic carbocycles. The van der Waals surface area contributed by atoms with Gasteiger partial charge in [-0.05, 0) is 5.57 Å². The van der Waals surface area contributed by atoms with Gasteiger partial charge in [0.2, 0.25) is 0 Å². The molecule has 0 aromatic rings. The summed E-state index contributed by atoms with van der Waals surface area (Å²) in [7, 11) is 4.05. The molecule has 0 heterocycles. The van der Waals surface area contributed by atoms with E-state index in [0.29, 0.717) is 0 Å². The van der Waals surface area contributed by atoms with Gasteiger partial charge >= 0.3 is 23.9 Å².